The summed E-state index contributed by atoms with van der Waals surface area (Å²) < 4.78 is 12.4. The molecule has 0 radical (unpaired) electrons. The van der Waals surface area contributed by atoms with Crippen molar-refractivity contribution in [2.24, 2.45) is 0 Å². The number of urea groups is 1. The minimum atomic E-state index is -2.38. The number of aliphatic carboxylic acids is 1. The summed E-state index contributed by atoms with van der Waals surface area (Å²) in [5.74, 6) is -2.02. The molecule has 1 N–H and O–H groups in total. The van der Waals surface area contributed by atoms with Crippen LogP contribution in [0.4, 0.5) is 4.79 Å². The Morgan fingerprint density at radius 3 is 1.98 bits per heavy atom. The molecule has 2 aliphatic rings. The maximum Gasteiger partial charge on any atom is 0.328 e. The summed E-state index contributed by atoms with van der Waals surface area (Å²) in [5, 5.41) is 11.2. The number of nitrogens with zero attached hydrogens (tertiary/aromatic N) is 3. The lowest BCUT2D eigenvalue weighted by Gasteiger charge is -2.46. The summed E-state index contributed by atoms with van der Waals surface area (Å²) in [7, 11) is -0.672. The number of carbonyl (C=O) groups excluding carboxylic acids is 2. The molecule has 41 heavy (non-hydrogen) atoms. The third-order valence-electron chi connectivity index (χ3n) is 8.23. The Morgan fingerprint density at radius 1 is 0.902 bits per heavy atom. The average Bonchev–Trinajstić information content (AvgIpc) is 3.25. The number of likely N-dealkylation sites (tertiary alicyclic amines) is 1. The number of amides is 3. The van der Waals surface area contributed by atoms with Crippen LogP contribution >= 0.6 is 7.14 Å². The lowest BCUT2D eigenvalue weighted by molar-refractivity contribution is -0.156. The van der Waals surface area contributed by atoms with E-state index in [-0.39, 0.29) is 24.5 Å². The molecule has 0 aliphatic carbocycles. The molecule has 2 saturated heterocycles. The van der Waals surface area contributed by atoms with E-state index in [4.69, 9.17) is 0 Å². The summed E-state index contributed by atoms with van der Waals surface area (Å²) in [6, 6.07) is 24.0. The van der Waals surface area contributed by atoms with Crippen molar-refractivity contribution in [1.82, 2.24) is 14.7 Å². The van der Waals surface area contributed by atoms with Gasteiger partial charge in [0.15, 0.2) is 0 Å². The second-order valence-electron chi connectivity index (χ2n) is 11.4. The SMILES string of the molecule is CN(Cc1ccc(P(C)(C)=O)cc1)C(=O)N1[C@H]2CC[C@@H]1[C@@H](C(=O)O)N(C(=O)C(c1ccccc1)c1ccccc1)C2. The van der Waals surface area contributed by atoms with Crippen LogP contribution in [0.5, 0.6) is 0 Å². The third-order valence-corrected chi connectivity index (χ3v) is 9.77. The van der Waals surface area contributed by atoms with Gasteiger partial charge >= 0.3 is 12.0 Å². The van der Waals surface area contributed by atoms with Gasteiger partial charge in [0.2, 0.25) is 5.91 Å². The van der Waals surface area contributed by atoms with E-state index in [1.165, 1.54) is 4.90 Å². The van der Waals surface area contributed by atoms with E-state index in [1.807, 2.05) is 84.9 Å². The largest absolute Gasteiger partial charge is 0.480 e. The zero-order valence-corrected chi connectivity index (χ0v) is 24.5. The molecule has 2 heterocycles. The Morgan fingerprint density at radius 2 is 1.46 bits per heavy atom. The second-order valence-corrected chi connectivity index (χ2v) is 14.6. The van der Waals surface area contributed by atoms with Crippen LogP contribution in [0.15, 0.2) is 84.9 Å². The number of hydrogen-bond donors (Lipinski definition) is 1. The lowest BCUT2D eigenvalue weighted by atomic mass is 9.88. The predicted molar refractivity (Wildman–Crippen MR) is 159 cm³/mol. The van der Waals surface area contributed by atoms with Crippen LogP contribution in [-0.2, 0) is 20.7 Å². The Bertz CT molecular complexity index is 1420. The first kappa shape index (κ1) is 28.6. The Kier molecular flexibility index (Phi) is 8.05. The van der Waals surface area contributed by atoms with E-state index < -0.39 is 31.1 Å². The Balaban J connectivity index is 1.39. The van der Waals surface area contributed by atoms with Gasteiger partial charge in [0.1, 0.15) is 13.2 Å². The van der Waals surface area contributed by atoms with Gasteiger partial charge in [-0.15, -0.1) is 0 Å². The highest BCUT2D eigenvalue weighted by Gasteiger charge is 2.54. The molecule has 3 amide bonds. The molecule has 0 unspecified atom stereocenters. The number of carbonyl (C=O) groups is 3. The standard InChI is InChI=1S/C32H36N3O5P/c1-33(20-22-14-17-26(18-15-22)41(2,3)40)32(39)35-25-16-19-27(35)29(31(37)38)34(21-25)30(36)28(23-10-6-4-7-11-23)24-12-8-5-9-13-24/h4-15,17-18,25,27-29H,16,19-21H2,1-3H3,(H,37,38)/t25-,27+,29-/m0/s1. The van der Waals surface area contributed by atoms with Crippen LogP contribution in [0.3, 0.4) is 0 Å². The molecular formula is C32H36N3O5P. The summed E-state index contributed by atoms with van der Waals surface area (Å²) in [4.78, 5) is 45.4. The van der Waals surface area contributed by atoms with Crippen molar-refractivity contribution in [3.63, 3.8) is 0 Å². The van der Waals surface area contributed by atoms with Gasteiger partial charge in [0.25, 0.3) is 0 Å². The Labute approximate surface area is 240 Å². The van der Waals surface area contributed by atoms with Crippen LogP contribution in [0.25, 0.3) is 0 Å². The summed E-state index contributed by atoms with van der Waals surface area (Å²) >= 11 is 0. The fourth-order valence-corrected chi connectivity index (χ4v) is 7.07. The van der Waals surface area contributed by atoms with Crippen LogP contribution < -0.4 is 5.30 Å². The highest BCUT2D eigenvalue weighted by atomic mass is 31.2. The minimum Gasteiger partial charge on any atom is -0.480 e. The second kappa shape index (κ2) is 11.5. The van der Waals surface area contributed by atoms with E-state index in [9.17, 15) is 24.1 Å². The molecule has 0 spiro atoms. The van der Waals surface area contributed by atoms with Gasteiger partial charge < -0.3 is 24.4 Å². The number of carboxylic acid groups (broad SMARTS) is 1. The number of benzene rings is 3. The highest BCUT2D eigenvalue weighted by molar-refractivity contribution is 7.70. The molecule has 0 aromatic heterocycles. The van der Waals surface area contributed by atoms with Crippen molar-refractivity contribution in [3.8, 4) is 0 Å². The molecule has 2 bridgehead atoms. The first-order valence-electron chi connectivity index (χ1n) is 13.9. The molecule has 8 nitrogen and oxygen atoms in total. The summed E-state index contributed by atoms with van der Waals surface area (Å²) in [5.41, 5.74) is 2.49. The van der Waals surface area contributed by atoms with Gasteiger partial charge in [0.05, 0.1) is 18.0 Å². The highest BCUT2D eigenvalue weighted by Crippen LogP contribution is 2.38. The maximum absolute atomic E-state index is 14.2. The molecule has 0 saturated carbocycles. The van der Waals surface area contributed by atoms with Crippen molar-refractivity contribution >= 4 is 30.4 Å². The minimum absolute atomic E-state index is 0.166. The van der Waals surface area contributed by atoms with E-state index in [0.717, 1.165) is 22.0 Å². The normalized spacial score (nSPS) is 20.2. The first-order chi connectivity index (χ1) is 19.6. The monoisotopic (exact) mass is 573 g/mol. The first-order valence-corrected chi connectivity index (χ1v) is 16.5. The molecule has 2 aliphatic heterocycles. The van der Waals surface area contributed by atoms with Crippen LogP contribution in [0, 0.1) is 0 Å². The zero-order chi connectivity index (χ0) is 29.3. The van der Waals surface area contributed by atoms with Crippen LogP contribution in [-0.4, -0.2) is 82.8 Å². The summed E-state index contributed by atoms with van der Waals surface area (Å²) in [6.07, 6.45) is 1.15. The van der Waals surface area contributed by atoms with E-state index >= 15 is 0 Å². The van der Waals surface area contributed by atoms with Gasteiger partial charge in [-0.3, -0.25) is 4.79 Å². The number of hydrogen-bond acceptors (Lipinski definition) is 4. The van der Waals surface area contributed by atoms with E-state index in [1.54, 1.807) is 30.2 Å². The quantitative estimate of drug-likeness (QED) is 0.422. The zero-order valence-electron chi connectivity index (χ0n) is 23.6. The average molecular weight is 574 g/mol. The molecular weight excluding hydrogens is 537 g/mol. The van der Waals surface area contributed by atoms with Crippen LogP contribution in [0.1, 0.15) is 35.4 Å². The van der Waals surface area contributed by atoms with Crippen molar-refractivity contribution in [1.29, 1.82) is 0 Å². The molecule has 5 rings (SSSR count). The number of piperazine rings is 1. The third kappa shape index (κ3) is 5.80. The predicted octanol–water partition coefficient (Wildman–Crippen LogP) is 4.45. The fourth-order valence-electron chi connectivity index (χ4n) is 6.21. The van der Waals surface area contributed by atoms with Crippen molar-refractivity contribution in [2.75, 3.05) is 26.9 Å². The van der Waals surface area contributed by atoms with Crippen molar-refractivity contribution in [3.05, 3.63) is 102 Å². The van der Waals surface area contributed by atoms with E-state index in [2.05, 4.69) is 0 Å². The van der Waals surface area contributed by atoms with Crippen molar-refractivity contribution < 1.29 is 24.1 Å². The van der Waals surface area contributed by atoms with Gasteiger partial charge in [-0.25, -0.2) is 9.59 Å². The van der Waals surface area contributed by atoms with Gasteiger partial charge in [-0.05, 0) is 42.9 Å². The van der Waals surface area contributed by atoms with Gasteiger partial charge in [0, 0.05) is 25.4 Å². The maximum atomic E-state index is 14.2. The van der Waals surface area contributed by atoms with Crippen molar-refractivity contribution in [2.45, 2.75) is 43.4 Å². The molecule has 2 fully saturated rings. The molecule has 9 heteroatoms. The number of rotatable bonds is 7. The molecule has 3 atom stereocenters. The van der Waals surface area contributed by atoms with E-state index in [0.29, 0.717) is 19.4 Å². The summed E-state index contributed by atoms with van der Waals surface area (Å²) in [6.45, 7) is 3.94. The molecule has 3 aromatic carbocycles. The number of carboxylic acids is 1. The lowest BCUT2D eigenvalue weighted by Crippen LogP contribution is -2.66. The fraction of sp³-hybridized carbons (Fsp3) is 0.344. The molecule has 214 valence electrons. The topological polar surface area (TPSA) is 98.2 Å². The Hall–Kier alpha value is -3.90. The number of fused-ring (bicyclic) bond motifs is 2. The van der Waals surface area contributed by atoms with Crippen LogP contribution in [0.2, 0.25) is 0 Å². The molecule has 3 aromatic rings. The van der Waals surface area contributed by atoms with Gasteiger partial charge in [-0.2, -0.15) is 0 Å². The van der Waals surface area contributed by atoms with Gasteiger partial charge in [-0.1, -0.05) is 84.9 Å². The smallest absolute Gasteiger partial charge is 0.328 e.